The van der Waals surface area contributed by atoms with Crippen molar-refractivity contribution in [1.82, 2.24) is 5.32 Å². The largest absolute Gasteiger partial charge is 0.396 e. The highest BCUT2D eigenvalue weighted by atomic mass is 16.5. The minimum Gasteiger partial charge on any atom is -0.396 e. The molecule has 0 atom stereocenters. The van der Waals surface area contributed by atoms with Crippen LogP contribution in [0.25, 0.3) is 0 Å². The summed E-state index contributed by atoms with van der Waals surface area (Å²) in [4.78, 5) is 12.2. The maximum absolute atomic E-state index is 12.2. The highest BCUT2D eigenvalue weighted by molar-refractivity contribution is 5.77. The molecule has 0 rings (SSSR count). The van der Waals surface area contributed by atoms with Crippen LogP contribution in [-0.4, -0.2) is 62.3 Å². The summed E-state index contributed by atoms with van der Waals surface area (Å²) in [7, 11) is 1.62. The van der Waals surface area contributed by atoms with Gasteiger partial charge in [-0.25, -0.2) is 0 Å². The van der Waals surface area contributed by atoms with Crippen molar-refractivity contribution in [3.05, 3.63) is 0 Å². The number of aliphatic hydroxyl groups is 1. The third-order valence-corrected chi connectivity index (χ3v) is 5.12. The lowest BCUT2D eigenvalue weighted by molar-refractivity contribution is -0.129. The van der Waals surface area contributed by atoms with E-state index < -0.39 is 5.54 Å². The van der Waals surface area contributed by atoms with E-state index in [0.717, 1.165) is 6.42 Å². The average molecular weight is 464 g/mol. The van der Waals surface area contributed by atoms with Gasteiger partial charge in [0.2, 0.25) is 5.91 Å². The number of ether oxygens (including phenoxy) is 3. The van der Waals surface area contributed by atoms with Gasteiger partial charge in [-0.05, 0) is 51.4 Å². The molecule has 0 aromatic carbocycles. The van der Waals surface area contributed by atoms with Crippen molar-refractivity contribution in [2.75, 3.05) is 33.5 Å². The predicted molar refractivity (Wildman–Crippen MR) is 136 cm³/mol. The Bertz CT molecular complexity index is 422. The molecule has 196 valence electrons. The van der Waals surface area contributed by atoms with Gasteiger partial charge < -0.3 is 24.6 Å². The Kier molecular flexibility index (Phi) is 22.2. The molecule has 32 heavy (non-hydrogen) atoms. The molecule has 0 radical (unpaired) electrons. The lowest BCUT2D eigenvalue weighted by Crippen LogP contribution is -2.59. The number of hydrogen-bond acceptors (Lipinski definition) is 5. The molecule has 0 heterocycles. The van der Waals surface area contributed by atoms with E-state index in [1.807, 2.05) is 55.4 Å². The van der Waals surface area contributed by atoms with Gasteiger partial charge >= 0.3 is 0 Å². The molecule has 1 amide bonds. The second-order valence-electron chi connectivity index (χ2n) is 10.2. The van der Waals surface area contributed by atoms with E-state index in [1.54, 1.807) is 7.11 Å². The maximum Gasteiger partial charge on any atom is 0.220 e. The fraction of sp³-hybridized carbons (Fsp3) is 0.962. The molecule has 0 saturated heterocycles. The number of hydrogen-bond donors (Lipinski definition) is 2. The summed E-state index contributed by atoms with van der Waals surface area (Å²) in [6.45, 7) is 26.1. The first kappa shape index (κ1) is 35.9. The van der Waals surface area contributed by atoms with Crippen molar-refractivity contribution >= 4 is 5.91 Å². The molecule has 0 bridgehead atoms. The van der Waals surface area contributed by atoms with Crippen LogP contribution in [0.4, 0.5) is 0 Å². The van der Waals surface area contributed by atoms with Gasteiger partial charge in [-0.1, -0.05) is 55.4 Å². The van der Waals surface area contributed by atoms with Crippen LogP contribution in [0.2, 0.25) is 0 Å². The number of rotatable bonds is 14. The Hall–Kier alpha value is -0.690. The first-order valence-electron chi connectivity index (χ1n) is 12.3. The molecule has 0 aliphatic rings. The lowest BCUT2D eigenvalue weighted by Gasteiger charge is -2.35. The van der Waals surface area contributed by atoms with Gasteiger partial charge in [0.1, 0.15) is 5.54 Å². The molecule has 0 aromatic heterocycles. The summed E-state index contributed by atoms with van der Waals surface area (Å²) >= 11 is 0. The minimum absolute atomic E-state index is 0.00163. The van der Waals surface area contributed by atoms with E-state index in [9.17, 15) is 4.79 Å². The van der Waals surface area contributed by atoms with Crippen molar-refractivity contribution < 1.29 is 24.1 Å². The summed E-state index contributed by atoms with van der Waals surface area (Å²) < 4.78 is 16.7. The summed E-state index contributed by atoms with van der Waals surface area (Å²) in [5.74, 6) is 0.966. The highest BCUT2D eigenvalue weighted by Gasteiger charge is 2.34. The second kappa shape index (κ2) is 19.7. The lowest BCUT2D eigenvalue weighted by atomic mass is 9.79. The predicted octanol–water partition coefficient (Wildman–Crippen LogP) is 5.46. The van der Waals surface area contributed by atoms with Gasteiger partial charge in [-0.2, -0.15) is 0 Å². The smallest absolute Gasteiger partial charge is 0.220 e. The molecule has 2 N–H and O–H groups in total. The van der Waals surface area contributed by atoms with Crippen molar-refractivity contribution in [3.8, 4) is 0 Å². The average Bonchev–Trinajstić information content (AvgIpc) is 2.66. The molecule has 0 fully saturated rings. The van der Waals surface area contributed by atoms with Gasteiger partial charge in [-0.15, -0.1) is 0 Å². The molecule has 0 aromatic rings. The molecular weight excluding hydrogens is 406 g/mol. The van der Waals surface area contributed by atoms with Crippen LogP contribution in [-0.2, 0) is 19.0 Å². The van der Waals surface area contributed by atoms with Crippen LogP contribution in [0.1, 0.15) is 95.9 Å². The number of aliphatic hydroxyl groups excluding tert-OH is 1. The molecule has 0 saturated carbocycles. The molecule has 0 spiro atoms. The van der Waals surface area contributed by atoms with Gasteiger partial charge in [0.25, 0.3) is 0 Å². The third-order valence-electron chi connectivity index (χ3n) is 5.12. The topological polar surface area (TPSA) is 77.0 Å². The first-order chi connectivity index (χ1) is 14.7. The number of carbonyl (C=O) groups excluding carboxylic acids is 1. The number of nitrogens with one attached hydrogen (secondary N) is 1. The van der Waals surface area contributed by atoms with Gasteiger partial charge in [0.05, 0.1) is 32.0 Å². The summed E-state index contributed by atoms with van der Waals surface area (Å²) in [5, 5.41) is 11.7. The molecule has 0 aliphatic heterocycles. The summed E-state index contributed by atoms with van der Waals surface area (Å²) in [6.07, 6.45) is 1.56. The zero-order chi connectivity index (χ0) is 26.0. The maximum atomic E-state index is 12.2. The normalized spacial score (nSPS) is 11.9. The Labute approximate surface area is 200 Å². The van der Waals surface area contributed by atoms with E-state index in [2.05, 4.69) is 33.0 Å². The second-order valence-corrected chi connectivity index (χ2v) is 10.2. The van der Waals surface area contributed by atoms with Gasteiger partial charge in [0.15, 0.2) is 0 Å². The van der Waals surface area contributed by atoms with Crippen LogP contribution in [0.15, 0.2) is 0 Å². The number of methoxy groups -OCH3 is 1. The zero-order valence-electron chi connectivity index (χ0n) is 23.6. The Morgan fingerprint density at radius 1 is 0.875 bits per heavy atom. The summed E-state index contributed by atoms with van der Waals surface area (Å²) in [5.41, 5.74) is -0.343. The van der Waals surface area contributed by atoms with Gasteiger partial charge in [0, 0.05) is 20.1 Å². The molecule has 0 aliphatic carbocycles. The van der Waals surface area contributed by atoms with Crippen molar-refractivity contribution in [2.45, 2.75) is 114 Å². The fourth-order valence-electron chi connectivity index (χ4n) is 2.46. The van der Waals surface area contributed by atoms with Crippen molar-refractivity contribution in [1.29, 1.82) is 0 Å². The molecule has 0 unspecified atom stereocenters. The van der Waals surface area contributed by atoms with E-state index >= 15 is 0 Å². The monoisotopic (exact) mass is 463 g/mol. The minimum atomic E-state index is -0.644. The Balaban J connectivity index is -0.000000638. The van der Waals surface area contributed by atoms with Crippen LogP contribution in [0.3, 0.4) is 0 Å². The Morgan fingerprint density at radius 3 is 1.56 bits per heavy atom. The van der Waals surface area contributed by atoms with Crippen molar-refractivity contribution in [3.63, 3.8) is 0 Å². The highest BCUT2D eigenvalue weighted by Crippen LogP contribution is 2.29. The molecule has 6 nitrogen and oxygen atoms in total. The molecule has 6 heteroatoms. The van der Waals surface area contributed by atoms with E-state index in [-0.39, 0.29) is 18.1 Å². The SMILES string of the molecule is CC.CC(C)C(C)(C)CCO.COCC(COC(C)C)(COC(C)C)NC(=O)CC(C)C. The fourth-order valence-corrected chi connectivity index (χ4v) is 2.46. The van der Waals surface area contributed by atoms with Crippen molar-refractivity contribution in [2.24, 2.45) is 17.3 Å². The molecular formula is C26H57NO5. The number of carbonyl (C=O) groups is 1. The van der Waals surface area contributed by atoms with E-state index in [0.29, 0.717) is 50.1 Å². The Morgan fingerprint density at radius 2 is 1.31 bits per heavy atom. The van der Waals surface area contributed by atoms with E-state index in [4.69, 9.17) is 19.3 Å². The van der Waals surface area contributed by atoms with Crippen LogP contribution in [0.5, 0.6) is 0 Å². The first-order valence-corrected chi connectivity index (χ1v) is 12.3. The van der Waals surface area contributed by atoms with Crippen LogP contribution in [0, 0.1) is 17.3 Å². The van der Waals surface area contributed by atoms with Crippen LogP contribution >= 0.6 is 0 Å². The van der Waals surface area contributed by atoms with Gasteiger partial charge in [-0.3, -0.25) is 4.79 Å². The van der Waals surface area contributed by atoms with Crippen LogP contribution < -0.4 is 5.32 Å². The zero-order valence-corrected chi connectivity index (χ0v) is 23.6. The summed E-state index contributed by atoms with van der Waals surface area (Å²) in [6, 6.07) is 0. The standard InChI is InChI=1S/C16H33NO4.C8H18O.C2H6/c1-12(2)8-15(18)17-16(9-19-7,10-20-13(3)4)11-21-14(5)6;1-7(2)8(3,4)5-6-9;1-2/h12-14H,8-11H2,1-7H3,(H,17,18);7,9H,5-6H2,1-4H3;1-2H3. The third kappa shape index (κ3) is 20.0. The van der Waals surface area contributed by atoms with E-state index in [1.165, 1.54) is 0 Å². The number of amides is 1. The quantitative estimate of drug-likeness (QED) is 0.358.